The van der Waals surface area contributed by atoms with Crippen LogP contribution < -0.4 is 0 Å². The second-order valence-electron chi connectivity index (χ2n) is 3.52. The number of carbonyl (C=O) groups is 1. The van der Waals surface area contributed by atoms with Gasteiger partial charge in [0.15, 0.2) is 17.3 Å². The molecule has 92 valence electrons. The lowest BCUT2D eigenvalue weighted by molar-refractivity contribution is -0.384. The van der Waals surface area contributed by atoms with Gasteiger partial charge in [-0.15, -0.1) is 0 Å². The molecule has 1 N–H and O–H groups in total. The summed E-state index contributed by atoms with van der Waals surface area (Å²) in [6.07, 6.45) is 0. The molecule has 0 aliphatic carbocycles. The zero-order valence-electron chi connectivity index (χ0n) is 9.28. The highest BCUT2D eigenvalue weighted by Gasteiger charge is 2.19. The van der Waals surface area contributed by atoms with E-state index in [4.69, 9.17) is 9.52 Å². The van der Waals surface area contributed by atoms with Crippen molar-refractivity contribution in [2.45, 2.75) is 6.92 Å². The predicted octanol–water partition coefficient (Wildman–Crippen LogP) is 2.26. The van der Waals surface area contributed by atoms with Crippen LogP contribution in [0.2, 0.25) is 0 Å². The molecule has 0 atom stereocenters. The lowest BCUT2D eigenvalue weighted by Crippen LogP contribution is -1.98. The Morgan fingerprint density at radius 3 is 2.50 bits per heavy atom. The molecule has 2 aromatic rings. The van der Waals surface area contributed by atoms with Gasteiger partial charge in [-0.05, 0) is 12.1 Å². The van der Waals surface area contributed by atoms with Gasteiger partial charge in [0.2, 0.25) is 0 Å². The molecule has 0 saturated carbocycles. The van der Waals surface area contributed by atoms with E-state index in [0.717, 1.165) is 0 Å². The average Bonchev–Trinajstić information content (AvgIpc) is 2.71. The number of rotatable bonds is 3. The number of benzene rings is 1. The molecular formula is C11H8N2O5. The number of aromatic carboxylic acids is 1. The topological polar surface area (TPSA) is 106 Å². The summed E-state index contributed by atoms with van der Waals surface area (Å²) in [6, 6.07) is 5.40. The van der Waals surface area contributed by atoms with Crippen LogP contribution >= 0.6 is 0 Å². The monoisotopic (exact) mass is 248 g/mol. The zero-order valence-corrected chi connectivity index (χ0v) is 9.28. The number of aromatic nitrogens is 1. The van der Waals surface area contributed by atoms with Gasteiger partial charge in [-0.1, -0.05) is 0 Å². The predicted molar refractivity (Wildman–Crippen MR) is 60.3 cm³/mol. The molecule has 1 aromatic carbocycles. The molecule has 7 nitrogen and oxygen atoms in total. The molecule has 18 heavy (non-hydrogen) atoms. The molecule has 0 aliphatic heterocycles. The van der Waals surface area contributed by atoms with Crippen molar-refractivity contribution >= 4 is 11.7 Å². The quantitative estimate of drug-likeness (QED) is 0.659. The van der Waals surface area contributed by atoms with Crippen LogP contribution in [0.4, 0.5) is 5.69 Å². The van der Waals surface area contributed by atoms with Gasteiger partial charge in [0.05, 0.1) is 4.92 Å². The summed E-state index contributed by atoms with van der Waals surface area (Å²) < 4.78 is 5.20. The standard InChI is InChI=1S/C11H8N2O5/c1-6-12-9(11(14)15)10(18-6)7-2-4-8(5-3-7)13(16)17/h2-5H,1H3,(H,14,15). The first-order chi connectivity index (χ1) is 8.49. The Morgan fingerprint density at radius 1 is 1.39 bits per heavy atom. The molecule has 0 aliphatic rings. The van der Waals surface area contributed by atoms with Gasteiger partial charge in [-0.25, -0.2) is 9.78 Å². The molecule has 7 heteroatoms. The van der Waals surface area contributed by atoms with Crippen molar-refractivity contribution in [2.75, 3.05) is 0 Å². The number of carboxylic acid groups (broad SMARTS) is 1. The van der Waals surface area contributed by atoms with Crippen LogP contribution in [0, 0.1) is 17.0 Å². The maximum absolute atomic E-state index is 11.0. The van der Waals surface area contributed by atoms with E-state index in [1.54, 1.807) is 0 Å². The van der Waals surface area contributed by atoms with Gasteiger partial charge in [0.1, 0.15) is 0 Å². The molecule has 1 aromatic heterocycles. The largest absolute Gasteiger partial charge is 0.476 e. The van der Waals surface area contributed by atoms with E-state index in [-0.39, 0.29) is 23.0 Å². The summed E-state index contributed by atoms with van der Waals surface area (Å²) in [4.78, 5) is 24.7. The van der Waals surface area contributed by atoms with Crippen molar-refractivity contribution in [3.63, 3.8) is 0 Å². The number of carboxylic acids is 1. The van der Waals surface area contributed by atoms with Gasteiger partial charge in [-0.3, -0.25) is 10.1 Å². The summed E-state index contributed by atoms with van der Waals surface area (Å²) in [6.45, 7) is 1.53. The molecule has 0 saturated heterocycles. The van der Waals surface area contributed by atoms with Gasteiger partial charge in [-0.2, -0.15) is 0 Å². The minimum atomic E-state index is -1.21. The fourth-order valence-electron chi connectivity index (χ4n) is 1.50. The normalized spacial score (nSPS) is 10.3. The highest BCUT2D eigenvalue weighted by molar-refractivity contribution is 5.92. The van der Waals surface area contributed by atoms with Crippen LogP contribution in [-0.4, -0.2) is 21.0 Å². The van der Waals surface area contributed by atoms with Crippen LogP contribution in [0.5, 0.6) is 0 Å². The highest BCUT2D eigenvalue weighted by Crippen LogP contribution is 2.26. The van der Waals surface area contributed by atoms with Crippen LogP contribution in [0.3, 0.4) is 0 Å². The van der Waals surface area contributed by atoms with Gasteiger partial charge < -0.3 is 9.52 Å². The first-order valence-corrected chi connectivity index (χ1v) is 4.94. The molecule has 0 unspecified atom stereocenters. The molecule has 0 amide bonds. The highest BCUT2D eigenvalue weighted by atomic mass is 16.6. The third kappa shape index (κ3) is 2.05. The first-order valence-electron chi connectivity index (χ1n) is 4.94. The maximum atomic E-state index is 11.0. The Morgan fingerprint density at radius 2 is 2.00 bits per heavy atom. The fourth-order valence-corrected chi connectivity index (χ4v) is 1.50. The Hall–Kier alpha value is -2.70. The second-order valence-corrected chi connectivity index (χ2v) is 3.52. The number of hydrogen-bond donors (Lipinski definition) is 1. The van der Waals surface area contributed by atoms with Crippen molar-refractivity contribution in [3.05, 3.63) is 46.0 Å². The molecule has 0 radical (unpaired) electrons. The number of oxazole rings is 1. The molecule has 0 fully saturated rings. The second kappa shape index (κ2) is 4.28. The number of hydrogen-bond acceptors (Lipinski definition) is 5. The molecule has 1 heterocycles. The SMILES string of the molecule is Cc1nc(C(=O)O)c(-c2ccc([N+](=O)[O-])cc2)o1. The minimum absolute atomic E-state index is 0.0770. The smallest absolute Gasteiger partial charge is 0.358 e. The van der Waals surface area contributed by atoms with Crippen molar-refractivity contribution < 1.29 is 19.2 Å². The Labute approximate surface area is 101 Å². The van der Waals surface area contributed by atoms with E-state index in [2.05, 4.69) is 4.98 Å². The Kier molecular flexibility index (Phi) is 2.80. The van der Waals surface area contributed by atoms with Gasteiger partial charge in [0, 0.05) is 24.6 Å². The van der Waals surface area contributed by atoms with Crippen LogP contribution in [0.15, 0.2) is 28.7 Å². The maximum Gasteiger partial charge on any atom is 0.358 e. The number of nitro groups is 1. The van der Waals surface area contributed by atoms with Gasteiger partial charge in [0.25, 0.3) is 5.69 Å². The van der Waals surface area contributed by atoms with Crippen LogP contribution in [0.1, 0.15) is 16.4 Å². The van der Waals surface area contributed by atoms with Crippen LogP contribution in [-0.2, 0) is 0 Å². The van der Waals surface area contributed by atoms with Gasteiger partial charge >= 0.3 is 5.97 Å². The lowest BCUT2D eigenvalue weighted by Gasteiger charge is -1.97. The number of nitrogens with zero attached hydrogens (tertiary/aromatic N) is 2. The third-order valence-electron chi connectivity index (χ3n) is 2.28. The minimum Gasteiger partial charge on any atom is -0.476 e. The number of nitro benzene ring substituents is 1. The summed E-state index contributed by atoms with van der Waals surface area (Å²) >= 11 is 0. The fraction of sp³-hybridized carbons (Fsp3) is 0.0909. The molecule has 0 spiro atoms. The summed E-state index contributed by atoms with van der Waals surface area (Å²) in [5, 5.41) is 19.5. The summed E-state index contributed by atoms with van der Waals surface area (Å²) in [7, 11) is 0. The van der Waals surface area contributed by atoms with Crippen molar-refractivity contribution in [3.8, 4) is 11.3 Å². The third-order valence-corrected chi connectivity index (χ3v) is 2.28. The van der Waals surface area contributed by atoms with E-state index >= 15 is 0 Å². The van der Waals surface area contributed by atoms with Crippen molar-refractivity contribution in [1.82, 2.24) is 4.98 Å². The zero-order chi connectivity index (χ0) is 13.3. The van der Waals surface area contributed by atoms with Crippen molar-refractivity contribution in [1.29, 1.82) is 0 Å². The Bertz CT molecular complexity index is 615. The van der Waals surface area contributed by atoms with E-state index in [9.17, 15) is 14.9 Å². The van der Waals surface area contributed by atoms with Crippen molar-refractivity contribution in [2.24, 2.45) is 0 Å². The lowest BCUT2D eigenvalue weighted by atomic mass is 10.1. The first kappa shape index (κ1) is 11.8. The number of aryl methyl sites for hydroxylation is 1. The van der Waals surface area contributed by atoms with Crippen LogP contribution in [0.25, 0.3) is 11.3 Å². The van der Waals surface area contributed by atoms with E-state index in [1.807, 2.05) is 0 Å². The van der Waals surface area contributed by atoms with E-state index in [0.29, 0.717) is 5.56 Å². The van der Waals surface area contributed by atoms with E-state index < -0.39 is 10.9 Å². The Balaban J connectivity index is 2.48. The van der Waals surface area contributed by atoms with E-state index in [1.165, 1.54) is 31.2 Å². The molecule has 2 rings (SSSR count). The summed E-state index contributed by atoms with van der Waals surface area (Å²) in [5.74, 6) is -0.893. The molecular weight excluding hydrogens is 240 g/mol. The number of non-ortho nitro benzene ring substituents is 1. The summed E-state index contributed by atoms with van der Waals surface area (Å²) in [5.41, 5.74) is 0.145. The average molecular weight is 248 g/mol. The molecule has 0 bridgehead atoms.